The number of aliphatic hydroxyl groups is 2. The molecule has 2 bridgehead atoms. The summed E-state index contributed by atoms with van der Waals surface area (Å²) in [4.78, 5) is 81.5. The van der Waals surface area contributed by atoms with Crippen LogP contribution in [0.2, 0.25) is 0 Å². The number of anilines is 1. The molecular weight excluding hydrogens is 805 g/mol. The van der Waals surface area contributed by atoms with Gasteiger partial charge < -0.3 is 41.9 Å². The monoisotopic (exact) mass is 847 g/mol. The van der Waals surface area contributed by atoms with Crippen LogP contribution in [0.1, 0.15) is 22.3 Å². The number of nitrogens with one attached hydrogen (secondary N) is 5. The maximum Gasteiger partial charge on any atom is 0.326 e. The number of amides is 5. The zero-order valence-electron chi connectivity index (χ0n) is 33.0. The van der Waals surface area contributed by atoms with Crippen molar-refractivity contribution < 1.29 is 52.9 Å². The molecule has 0 aliphatic carbocycles. The highest BCUT2D eigenvalue weighted by molar-refractivity contribution is 6.00. The first-order chi connectivity index (χ1) is 29.7. The smallest absolute Gasteiger partial charge is 0.326 e. The van der Waals surface area contributed by atoms with Crippen molar-refractivity contribution in [3.05, 3.63) is 161 Å². The SMILES string of the molecule is O=C(O)[C@@H]1Cc2ccc(cc2)NC(=O)[C@H](O)[C@@H](O)C(=O)N[C@H](Cc2ccc(F)c(F)c2)C(=O)N[C@@H](Cc2ccc(-c3ccccc3)cc2)C(=O)N[C@H](Cc2ccccc2)C(=O)N1. The molecule has 5 aromatic rings. The molecular formula is C46H43F2N5O9. The topological polar surface area (TPSA) is 223 Å². The van der Waals surface area contributed by atoms with Gasteiger partial charge in [0, 0.05) is 31.4 Å². The zero-order valence-corrected chi connectivity index (χ0v) is 33.0. The quantitative estimate of drug-likeness (QED) is 0.107. The van der Waals surface area contributed by atoms with Gasteiger partial charge in [-0.05, 0) is 57.6 Å². The summed E-state index contributed by atoms with van der Waals surface area (Å²) in [7, 11) is 0. The zero-order chi connectivity index (χ0) is 44.3. The van der Waals surface area contributed by atoms with Crippen molar-refractivity contribution in [3.63, 3.8) is 0 Å². The van der Waals surface area contributed by atoms with Crippen LogP contribution in [0.25, 0.3) is 11.1 Å². The molecule has 2 aliphatic rings. The van der Waals surface area contributed by atoms with Crippen molar-refractivity contribution in [2.24, 2.45) is 0 Å². The molecule has 7 rings (SSSR count). The minimum Gasteiger partial charge on any atom is -0.480 e. The van der Waals surface area contributed by atoms with Crippen LogP contribution >= 0.6 is 0 Å². The van der Waals surface area contributed by atoms with E-state index in [9.17, 15) is 52.9 Å². The van der Waals surface area contributed by atoms with Gasteiger partial charge in [0.15, 0.2) is 23.8 Å². The van der Waals surface area contributed by atoms with Crippen molar-refractivity contribution in [2.45, 2.75) is 62.1 Å². The Morgan fingerprint density at radius 3 is 1.55 bits per heavy atom. The normalized spacial score (nSPS) is 21.6. The third-order valence-corrected chi connectivity index (χ3v) is 10.2. The first-order valence-electron chi connectivity index (χ1n) is 19.6. The van der Waals surface area contributed by atoms with Crippen molar-refractivity contribution in [3.8, 4) is 11.1 Å². The second kappa shape index (κ2) is 20.3. The first kappa shape index (κ1) is 44.3. The number of aliphatic carboxylic acids is 1. The third-order valence-electron chi connectivity index (χ3n) is 10.2. The number of benzene rings is 5. The highest BCUT2D eigenvalue weighted by Gasteiger charge is 2.36. The molecule has 0 unspecified atom stereocenters. The average molecular weight is 848 g/mol. The number of rotatable bonds is 8. The Hall–Kier alpha value is -7.30. The van der Waals surface area contributed by atoms with Crippen LogP contribution in [0.3, 0.4) is 0 Å². The number of aliphatic hydroxyl groups excluding tert-OH is 2. The van der Waals surface area contributed by atoms with E-state index in [1.54, 1.807) is 54.6 Å². The van der Waals surface area contributed by atoms with E-state index < -0.39 is 89.9 Å². The summed E-state index contributed by atoms with van der Waals surface area (Å²) < 4.78 is 28.3. The fourth-order valence-corrected chi connectivity index (χ4v) is 6.82. The molecule has 2 aliphatic heterocycles. The number of hydrogen-bond acceptors (Lipinski definition) is 8. The number of halogens is 2. The van der Waals surface area contributed by atoms with E-state index in [-0.39, 0.29) is 30.5 Å². The van der Waals surface area contributed by atoms with E-state index in [2.05, 4.69) is 26.6 Å². The number of carboxylic acids is 1. The molecule has 6 atom stereocenters. The second-order valence-corrected chi connectivity index (χ2v) is 14.8. The Labute approximate surface area is 354 Å². The van der Waals surface area contributed by atoms with E-state index in [0.29, 0.717) is 16.7 Å². The predicted octanol–water partition coefficient (Wildman–Crippen LogP) is 2.60. The first-order valence-corrected chi connectivity index (χ1v) is 19.6. The van der Waals surface area contributed by atoms with Gasteiger partial charge in [-0.2, -0.15) is 0 Å². The lowest BCUT2D eigenvalue weighted by atomic mass is 9.98. The van der Waals surface area contributed by atoms with Gasteiger partial charge in [0.25, 0.3) is 11.8 Å². The summed E-state index contributed by atoms with van der Waals surface area (Å²) in [6, 6.07) is 27.4. The van der Waals surface area contributed by atoms with Gasteiger partial charge in [-0.25, -0.2) is 13.6 Å². The molecule has 0 aromatic heterocycles. The fourth-order valence-electron chi connectivity index (χ4n) is 6.82. The van der Waals surface area contributed by atoms with Gasteiger partial charge in [0.1, 0.15) is 24.2 Å². The summed E-state index contributed by atoms with van der Waals surface area (Å²) >= 11 is 0. The molecule has 5 aromatic carbocycles. The molecule has 62 heavy (non-hydrogen) atoms. The van der Waals surface area contributed by atoms with E-state index in [1.165, 1.54) is 24.3 Å². The van der Waals surface area contributed by atoms with Gasteiger partial charge in [-0.15, -0.1) is 0 Å². The lowest BCUT2D eigenvalue weighted by molar-refractivity contribution is -0.145. The molecule has 14 nitrogen and oxygen atoms in total. The number of hydrogen-bond donors (Lipinski definition) is 8. The fraction of sp³-hybridized carbons (Fsp3) is 0.217. The Morgan fingerprint density at radius 2 is 0.984 bits per heavy atom. The molecule has 16 heteroatoms. The number of carbonyl (C=O) groups is 6. The number of carbonyl (C=O) groups excluding carboxylic acids is 5. The van der Waals surface area contributed by atoms with Crippen LogP contribution < -0.4 is 26.6 Å². The highest BCUT2D eigenvalue weighted by Crippen LogP contribution is 2.21. The lowest BCUT2D eigenvalue weighted by Gasteiger charge is -2.27. The number of carboxylic acid groups (broad SMARTS) is 1. The summed E-state index contributed by atoms with van der Waals surface area (Å²) in [5.41, 5.74) is 3.43. The van der Waals surface area contributed by atoms with Gasteiger partial charge in [-0.3, -0.25) is 24.0 Å². The van der Waals surface area contributed by atoms with Crippen LogP contribution in [0, 0.1) is 11.6 Å². The minimum absolute atomic E-state index is 0.0104. The molecule has 8 N–H and O–H groups in total. The van der Waals surface area contributed by atoms with E-state index in [4.69, 9.17) is 0 Å². The maximum atomic E-state index is 14.4. The van der Waals surface area contributed by atoms with Crippen LogP contribution in [-0.4, -0.2) is 87.2 Å². The molecule has 0 saturated heterocycles. The van der Waals surface area contributed by atoms with Crippen molar-refractivity contribution in [2.75, 3.05) is 5.32 Å². The molecule has 320 valence electrons. The Morgan fingerprint density at radius 1 is 0.516 bits per heavy atom. The summed E-state index contributed by atoms with van der Waals surface area (Å²) in [6.07, 6.45) is -5.85. The second-order valence-electron chi connectivity index (χ2n) is 14.8. The van der Waals surface area contributed by atoms with Crippen LogP contribution in [0.5, 0.6) is 0 Å². The largest absolute Gasteiger partial charge is 0.480 e. The minimum atomic E-state index is -2.45. The summed E-state index contributed by atoms with van der Waals surface area (Å²) in [5, 5.41) is 44.0. The summed E-state index contributed by atoms with van der Waals surface area (Å²) in [5.74, 6) is -9.25. The molecule has 0 fully saturated rings. The van der Waals surface area contributed by atoms with E-state index in [1.807, 2.05) is 30.3 Å². The molecule has 0 radical (unpaired) electrons. The van der Waals surface area contributed by atoms with Crippen molar-refractivity contribution in [1.29, 1.82) is 0 Å². The summed E-state index contributed by atoms with van der Waals surface area (Å²) in [6.45, 7) is 0. The van der Waals surface area contributed by atoms with Crippen molar-refractivity contribution >= 4 is 41.2 Å². The highest BCUT2D eigenvalue weighted by atomic mass is 19.2. The predicted molar refractivity (Wildman–Crippen MR) is 222 cm³/mol. The van der Waals surface area contributed by atoms with Crippen molar-refractivity contribution in [1.82, 2.24) is 21.3 Å². The molecule has 0 spiro atoms. The molecule has 2 heterocycles. The molecule has 0 saturated carbocycles. The van der Waals surface area contributed by atoms with Gasteiger partial charge in [0.2, 0.25) is 17.7 Å². The van der Waals surface area contributed by atoms with Crippen LogP contribution in [0.4, 0.5) is 14.5 Å². The molecule has 5 amide bonds. The Bertz CT molecular complexity index is 2400. The Balaban J connectivity index is 1.39. The lowest BCUT2D eigenvalue weighted by Crippen LogP contribution is -2.60. The van der Waals surface area contributed by atoms with Gasteiger partial charge in [-0.1, -0.05) is 103 Å². The Kier molecular flexibility index (Phi) is 14.5. The standard InChI is InChI=1S/C46H43F2N5O9/c47-33-20-15-29(21-34(33)48)25-37-42(57)51-36(23-27-11-16-31(17-12-27)30-9-5-2-6-10-30)41(56)50-35(22-26-7-3-1-4-8-26)43(58)53-38(46(61)62)24-28-13-18-32(19-14-28)49-44(59)39(54)40(55)45(60)52-37/h1-21,35-40,54-55H,22-25H2,(H,49,59)(H,50,56)(H,51,57)(H,52,60)(H,53,58)(H,61,62)/t35-,36+,37-,38+,39-,40-/m1/s1. The van der Waals surface area contributed by atoms with E-state index >= 15 is 0 Å². The van der Waals surface area contributed by atoms with Gasteiger partial charge >= 0.3 is 5.97 Å². The van der Waals surface area contributed by atoms with Crippen LogP contribution in [-0.2, 0) is 54.5 Å². The average Bonchev–Trinajstić information content (AvgIpc) is 3.27. The van der Waals surface area contributed by atoms with Crippen LogP contribution in [0.15, 0.2) is 127 Å². The third kappa shape index (κ3) is 11.7. The number of fused-ring (bicyclic) bond motifs is 18. The van der Waals surface area contributed by atoms with Gasteiger partial charge in [0.05, 0.1) is 0 Å². The maximum absolute atomic E-state index is 14.4. The van der Waals surface area contributed by atoms with E-state index in [0.717, 1.165) is 29.3 Å².